The Morgan fingerprint density at radius 3 is 2.42 bits per heavy atom. The first kappa shape index (κ1) is 14.2. The van der Waals surface area contributed by atoms with Crippen LogP contribution in [0.3, 0.4) is 0 Å². The van der Waals surface area contributed by atoms with Crippen LogP contribution in [0, 0.1) is 11.3 Å². The van der Waals surface area contributed by atoms with E-state index in [2.05, 4.69) is 12.1 Å². The monoisotopic (exact) mass is 267 g/mol. The molecule has 0 radical (unpaired) electrons. The van der Waals surface area contributed by atoms with Gasteiger partial charge in [-0.05, 0) is 38.5 Å². The van der Waals surface area contributed by atoms with Gasteiger partial charge in [-0.1, -0.05) is 24.9 Å². The number of amidine groups is 1. The zero-order chi connectivity index (χ0) is 14.0. The molecule has 0 aromatic carbocycles. The van der Waals surface area contributed by atoms with Gasteiger partial charge in [0.1, 0.15) is 5.41 Å². The Morgan fingerprint density at radius 2 is 2.00 bits per heavy atom. The van der Waals surface area contributed by atoms with Gasteiger partial charge >= 0.3 is 0 Å². The average Bonchev–Trinajstić information content (AvgIpc) is 2.88. The van der Waals surface area contributed by atoms with Crippen molar-refractivity contribution in [2.24, 2.45) is 22.2 Å². The highest BCUT2D eigenvalue weighted by atomic mass is 16.4. The molecule has 2 aliphatic rings. The number of nitrogens with zero attached hydrogens (tertiary/aromatic N) is 2. The standard InChI is InChI=1S/C14H25N3O2/c1-3-17(11-6-4-5-7-11)13(18)14(12(15)16-19)8-10(2)9-14/h10-11,19H,3-9H2,1-2H3,(H2,15,16). The van der Waals surface area contributed by atoms with Crippen LogP contribution in [0.25, 0.3) is 0 Å². The summed E-state index contributed by atoms with van der Waals surface area (Å²) in [7, 11) is 0. The molecule has 3 N–H and O–H groups in total. The molecule has 0 aromatic rings. The molecule has 0 heterocycles. The van der Waals surface area contributed by atoms with Crippen LogP contribution in [-0.4, -0.2) is 34.4 Å². The zero-order valence-corrected chi connectivity index (χ0v) is 11.9. The van der Waals surface area contributed by atoms with E-state index in [4.69, 9.17) is 10.9 Å². The lowest BCUT2D eigenvalue weighted by Crippen LogP contribution is -2.59. The quantitative estimate of drug-likeness (QED) is 0.353. The van der Waals surface area contributed by atoms with Crippen molar-refractivity contribution < 1.29 is 10.0 Å². The minimum atomic E-state index is -0.743. The van der Waals surface area contributed by atoms with Gasteiger partial charge in [0.15, 0.2) is 5.84 Å². The minimum absolute atomic E-state index is 0.0651. The van der Waals surface area contributed by atoms with E-state index in [1.54, 1.807) is 0 Å². The highest BCUT2D eigenvalue weighted by Gasteiger charge is 2.54. The van der Waals surface area contributed by atoms with Gasteiger partial charge < -0.3 is 15.8 Å². The van der Waals surface area contributed by atoms with Crippen LogP contribution in [-0.2, 0) is 4.79 Å². The third-order valence-electron chi connectivity index (χ3n) is 4.77. The fourth-order valence-corrected chi connectivity index (χ4v) is 3.78. The van der Waals surface area contributed by atoms with E-state index in [9.17, 15) is 4.79 Å². The Labute approximate surface area is 114 Å². The van der Waals surface area contributed by atoms with Crippen molar-refractivity contribution in [1.29, 1.82) is 0 Å². The Morgan fingerprint density at radius 1 is 1.42 bits per heavy atom. The van der Waals surface area contributed by atoms with Crippen molar-refractivity contribution in [3.63, 3.8) is 0 Å². The molecule has 0 aromatic heterocycles. The van der Waals surface area contributed by atoms with Gasteiger partial charge in [0, 0.05) is 12.6 Å². The molecule has 5 nitrogen and oxygen atoms in total. The zero-order valence-electron chi connectivity index (χ0n) is 11.9. The van der Waals surface area contributed by atoms with Gasteiger partial charge in [-0.2, -0.15) is 0 Å². The maximum Gasteiger partial charge on any atom is 0.236 e. The normalized spacial score (nSPS) is 32.1. The second-order valence-corrected chi connectivity index (χ2v) is 6.11. The average molecular weight is 267 g/mol. The molecule has 2 rings (SSSR count). The van der Waals surface area contributed by atoms with E-state index in [1.165, 1.54) is 12.8 Å². The Kier molecular flexibility index (Phi) is 4.02. The van der Waals surface area contributed by atoms with Crippen molar-refractivity contribution in [3.05, 3.63) is 0 Å². The van der Waals surface area contributed by atoms with Gasteiger partial charge in [-0.15, -0.1) is 0 Å². The van der Waals surface area contributed by atoms with E-state index in [0.717, 1.165) is 12.8 Å². The van der Waals surface area contributed by atoms with Crippen molar-refractivity contribution in [2.45, 2.75) is 58.4 Å². The summed E-state index contributed by atoms with van der Waals surface area (Å²) in [5.74, 6) is 0.619. The predicted octanol–water partition coefficient (Wildman–Crippen LogP) is 1.94. The topological polar surface area (TPSA) is 78.9 Å². The highest BCUT2D eigenvalue weighted by molar-refractivity contribution is 6.07. The van der Waals surface area contributed by atoms with Crippen LogP contribution in [0.15, 0.2) is 5.16 Å². The molecule has 0 bridgehead atoms. The number of rotatable bonds is 4. The number of carbonyl (C=O) groups excluding carboxylic acids is 1. The summed E-state index contributed by atoms with van der Waals surface area (Å²) in [4.78, 5) is 14.8. The molecule has 2 aliphatic carbocycles. The van der Waals surface area contributed by atoms with E-state index in [1.807, 2.05) is 11.8 Å². The molecule has 19 heavy (non-hydrogen) atoms. The third kappa shape index (κ3) is 2.30. The SMILES string of the molecule is CCN(C(=O)C1(C(N)=NO)CC(C)C1)C1CCCC1. The lowest BCUT2D eigenvalue weighted by molar-refractivity contribution is -0.146. The number of oxime groups is 1. The first-order valence-electron chi connectivity index (χ1n) is 7.34. The molecular formula is C14H25N3O2. The smallest absolute Gasteiger partial charge is 0.236 e. The second kappa shape index (κ2) is 5.39. The molecule has 0 saturated heterocycles. The van der Waals surface area contributed by atoms with Gasteiger partial charge in [-0.25, -0.2) is 0 Å². The highest BCUT2D eigenvalue weighted by Crippen LogP contribution is 2.47. The molecular weight excluding hydrogens is 242 g/mol. The van der Waals surface area contributed by atoms with Gasteiger partial charge in [-0.3, -0.25) is 4.79 Å². The molecule has 0 spiro atoms. The van der Waals surface area contributed by atoms with E-state index in [-0.39, 0.29) is 11.7 Å². The van der Waals surface area contributed by atoms with Crippen molar-refractivity contribution in [1.82, 2.24) is 4.90 Å². The fraction of sp³-hybridized carbons (Fsp3) is 0.857. The maximum absolute atomic E-state index is 12.9. The van der Waals surface area contributed by atoms with Crippen LogP contribution in [0.1, 0.15) is 52.4 Å². The first-order chi connectivity index (χ1) is 9.05. The van der Waals surface area contributed by atoms with Crippen LogP contribution < -0.4 is 5.73 Å². The summed E-state index contributed by atoms with van der Waals surface area (Å²) in [5, 5.41) is 12.1. The van der Waals surface area contributed by atoms with Crippen LogP contribution in [0.4, 0.5) is 0 Å². The predicted molar refractivity (Wildman–Crippen MR) is 73.9 cm³/mol. The number of hydrogen-bond donors (Lipinski definition) is 2. The Balaban J connectivity index is 2.19. The van der Waals surface area contributed by atoms with Crippen LogP contribution >= 0.6 is 0 Å². The largest absolute Gasteiger partial charge is 0.409 e. The Hall–Kier alpha value is -1.26. The Bertz CT molecular complexity index is 369. The lowest BCUT2D eigenvalue weighted by atomic mass is 9.61. The van der Waals surface area contributed by atoms with E-state index in [0.29, 0.717) is 31.3 Å². The van der Waals surface area contributed by atoms with Crippen molar-refractivity contribution in [2.75, 3.05) is 6.54 Å². The molecule has 0 unspecified atom stereocenters. The molecule has 0 atom stereocenters. The van der Waals surface area contributed by atoms with Crippen LogP contribution in [0.2, 0.25) is 0 Å². The van der Waals surface area contributed by atoms with E-state index >= 15 is 0 Å². The third-order valence-corrected chi connectivity index (χ3v) is 4.77. The number of nitrogens with two attached hydrogens (primary N) is 1. The lowest BCUT2D eigenvalue weighted by Gasteiger charge is -2.47. The van der Waals surface area contributed by atoms with Gasteiger partial charge in [0.25, 0.3) is 0 Å². The summed E-state index contributed by atoms with van der Waals surface area (Å²) in [6.07, 6.45) is 5.96. The second-order valence-electron chi connectivity index (χ2n) is 6.11. The van der Waals surface area contributed by atoms with Gasteiger partial charge in [0.2, 0.25) is 5.91 Å². The number of carbonyl (C=O) groups is 1. The number of hydrogen-bond acceptors (Lipinski definition) is 3. The summed E-state index contributed by atoms with van der Waals surface area (Å²) in [6.45, 7) is 4.82. The summed E-state index contributed by atoms with van der Waals surface area (Å²) < 4.78 is 0. The number of amides is 1. The molecule has 2 fully saturated rings. The summed E-state index contributed by atoms with van der Waals surface area (Å²) >= 11 is 0. The summed E-state index contributed by atoms with van der Waals surface area (Å²) in [6, 6.07) is 0.344. The molecule has 1 amide bonds. The molecule has 0 aliphatic heterocycles. The molecule has 5 heteroatoms. The van der Waals surface area contributed by atoms with Crippen LogP contribution in [0.5, 0.6) is 0 Å². The fourth-order valence-electron chi connectivity index (χ4n) is 3.78. The van der Waals surface area contributed by atoms with Crippen molar-refractivity contribution in [3.8, 4) is 0 Å². The maximum atomic E-state index is 12.9. The summed E-state index contributed by atoms with van der Waals surface area (Å²) in [5.41, 5.74) is 5.08. The molecule has 108 valence electrons. The van der Waals surface area contributed by atoms with Crippen molar-refractivity contribution >= 4 is 11.7 Å². The minimum Gasteiger partial charge on any atom is -0.409 e. The molecule has 2 saturated carbocycles. The van der Waals surface area contributed by atoms with Gasteiger partial charge in [0.05, 0.1) is 0 Å². The first-order valence-corrected chi connectivity index (χ1v) is 7.34. The van der Waals surface area contributed by atoms with E-state index < -0.39 is 5.41 Å².